The number of aromatic nitrogens is 1. The Morgan fingerprint density at radius 1 is 1.13 bits per heavy atom. The SMILES string of the molecule is CC(=O)c1cnc2ccc(-c3cc(C)c(O)c(Cl)c3)cc2c1NC1CCC(C)CC1. The fourth-order valence-electron chi connectivity index (χ4n) is 4.31. The lowest BCUT2D eigenvalue weighted by molar-refractivity contribution is 0.101. The van der Waals surface area contributed by atoms with Crippen LogP contribution in [0.25, 0.3) is 22.0 Å². The van der Waals surface area contributed by atoms with Crippen LogP contribution >= 0.6 is 11.6 Å². The summed E-state index contributed by atoms with van der Waals surface area (Å²) in [5, 5.41) is 14.9. The van der Waals surface area contributed by atoms with Crippen LogP contribution in [0.4, 0.5) is 5.69 Å². The Balaban J connectivity index is 1.82. The number of hydrogen-bond acceptors (Lipinski definition) is 4. The molecule has 156 valence electrons. The molecule has 0 radical (unpaired) electrons. The van der Waals surface area contributed by atoms with Gasteiger partial charge in [0.25, 0.3) is 0 Å². The molecule has 2 N–H and O–H groups in total. The number of phenolic OH excluding ortho intramolecular Hbond substituents is 1. The number of fused-ring (bicyclic) bond motifs is 1. The van der Waals surface area contributed by atoms with E-state index in [9.17, 15) is 9.90 Å². The molecular formula is C25H27ClN2O2. The molecular weight excluding hydrogens is 396 g/mol. The third-order valence-corrected chi connectivity index (χ3v) is 6.49. The van der Waals surface area contributed by atoms with Gasteiger partial charge < -0.3 is 10.4 Å². The Hall–Kier alpha value is -2.59. The number of phenols is 1. The van der Waals surface area contributed by atoms with Crippen LogP contribution in [0.15, 0.2) is 36.5 Å². The Kier molecular flexibility index (Phi) is 5.70. The number of ketones is 1. The largest absolute Gasteiger partial charge is 0.506 e. The van der Waals surface area contributed by atoms with Crippen LogP contribution in [0, 0.1) is 12.8 Å². The number of carbonyl (C=O) groups is 1. The van der Waals surface area contributed by atoms with E-state index < -0.39 is 0 Å². The van der Waals surface area contributed by atoms with E-state index in [1.807, 2.05) is 25.1 Å². The third kappa shape index (κ3) is 4.01. The molecule has 1 fully saturated rings. The highest BCUT2D eigenvalue weighted by molar-refractivity contribution is 6.32. The van der Waals surface area contributed by atoms with Gasteiger partial charge in [-0.05, 0) is 86.4 Å². The first-order valence-electron chi connectivity index (χ1n) is 10.5. The van der Waals surface area contributed by atoms with Crippen LogP contribution in [-0.4, -0.2) is 21.9 Å². The molecule has 30 heavy (non-hydrogen) atoms. The number of pyridine rings is 1. The predicted octanol–water partition coefficient (Wildman–Crippen LogP) is 6.76. The van der Waals surface area contributed by atoms with Crippen molar-refractivity contribution in [3.05, 3.63) is 52.7 Å². The second kappa shape index (κ2) is 8.27. The molecule has 0 unspecified atom stereocenters. The summed E-state index contributed by atoms with van der Waals surface area (Å²) in [6, 6.07) is 10.1. The van der Waals surface area contributed by atoms with Crippen LogP contribution in [0.2, 0.25) is 5.02 Å². The van der Waals surface area contributed by atoms with E-state index >= 15 is 0 Å². The smallest absolute Gasteiger partial charge is 0.163 e. The lowest BCUT2D eigenvalue weighted by Gasteiger charge is -2.29. The summed E-state index contributed by atoms with van der Waals surface area (Å²) in [4.78, 5) is 16.9. The van der Waals surface area contributed by atoms with Crippen LogP contribution in [0.3, 0.4) is 0 Å². The number of carbonyl (C=O) groups excluding carboxylic acids is 1. The molecule has 1 heterocycles. The van der Waals surface area contributed by atoms with Crippen molar-refractivity contribution >= 4 is 34.0 Å². The van der Waals surface area contributed by atoms with E-state index in [1.54, 1.807) is 19.2 Å². The third-order valence-electron chi connectivity index (χ3n) is 6.20. The monoisotopic (exact) mass is 422 g/mol. The zero-order valence-electron chi connectivity index (χ0n) is 17.6. The number of anilines is 1. The topological polar surface area (TPSA) is 62.2 Å². The molecule has 4 rings (SSSR count). The van der Waals surface area contributed by atoms with E-state index in [0.29, 0.717) is 16.6 Å². The standard InChI is InChI=1S/C25H27ClN2O2/c1-14-4-7-19(8-5-14)28-24-20-11-17(18-10-15(2)25(30)22(26)12-18)6-9-23(20)27-13-21(24)16(3)29/h6,9-14,19,30H,4-5,7-8H2,1-3H3,(H,27,28). The van der Waals surface area contributed by atoms with Gasteiger partial charge in [-0.15, -0.1) is 0 Å². The van der Waals surface area contributed by atoms with Gasteiger partial charge in [-0.2, -0.15) is 0 Å². The first-order chi connectivity index (χ1) is 14.3. The minimum absolute atomic E-state index is 0.00463. The van der Waals surface area contributed by atoms with Gasteiger partial charge in [-0.1, -0.05) is 24.6 Å². The van der Waals surface area contributed by atoms with Crippen molar-refractivity contribution in [1.29, 1.82) is 0 Å². The van der Waals surface area contributed by atoms with Gasteiger partial charge in [0.05, 0.1) is 21.8 Å². The predicted molar refractivity (Wildman–Crippen MR) is 124 cm³/mol. The number of aromatic hydroxyl groups is 1. The first-order valence-corrected chi connectivity index (χ1v) is 10.9. The van der Waals surface area contributed by atoms with Crippen LogP contribution < -0.4 is 5.32 Å². The zero-order chi connectivity index (χ0) is 21.4. The van der Waals surface area contributed by atoms with Gasteiger partial charge in [0.2, 0.25) is 0 Å². The van der Waals surface area contributed by atoms with Gasteiger partial charge in [0.1, 0.15) is 5.75 Å². The van der Waals surface area contributed by atoms with Gasteiger partial charge in [-0.25, -0.2) is 0 Å². The van der Waals surface area contributed by atoms with E-state index in [1.165, 1.54) is 12.8 Å². The molecule has 0 aliphatic heterocycles. The van der Waals surface area contributed by atoms with Crippen molar-refractivity contribution in [2.24, 2.45) is 5.92 Å². The number of aryl methyl sites for hydroxylation is 1. The average molecular weight is 423 g/mol. The molecule has 1 saturated carbocycles. The molecule has 3 aromatic rings. The maximum Gasteiger partial charge on any atom is 0.163 e. The number of Topliss-reactive ketones (excluding diaryl/α,β-unsaturated/α-hetero) is 1. The highest BCUT2D eigenvalue weighted by Crippen LogP contribution is 2.36. The summed E-state index contributed by atoms with van der Waals surface area (Å²) >= 11 is 6.21. The van der Waals surface area contributed by atoms with Crippen LogP contribution in [0.5, 0.6) is 5.75 Å². The Morgan fingerprint density at radius 2 is 1.87 bits per heavy atom. The Bertz CT molecular complexity index is 1090. The quantitative estimate of drug-likeness (QED) is 0.456. The summed E-state index contributed by atoms with van der Waals surface area (Å²) in [6.07, 6.45) is 6.29. The Labute approximate surface area is 182 Å². The summed E-state index contributed by atoms with van der Waals surface area (Å²) < 4.78 is 0. The minimum Gasteiger partial charge on any atom is -0.506 e. The highest BCUT2D eigenvalue weighted by Gasteiger charge is 2.21. The van der Waals surface area contributed by atoms with Gasteiger partial charge in [0.15, 0.2) is 5.78 Å². The van der Waals surface area contributed by atoms with Crippen molar-refractivity contribution in [2.45, 2.75) is 52.5 Å². The molecule has 5 heteroatoms. The summed E-state index contributed by atoms with van der Waals surface area (Å²) in [7, 11) is 0. The van der Waals surface area contributed by atoms with Crippen molar-refractivity contribution in [3.63, 3.8) is 0 Å². The molecule has 2 aromatic carbocycles. The number of nitrogens with zero attached hydrogens (tertiary/aromatic N) is 1. The van der Waals surface area contributed by atoms with Crippen molar-refractivity contribution in [3.8, 4) is 16.9 Å². The minimum atomic E-state index is 0.00463. The average Bonchev–Trinajstić information content (AvgIpc) is 2.73. The normalized spacial score (nSPS) is 19.1. The Morgan fingerprint density at radius 3 is 2.53 bits per heavy atom. The number of rotatable bonds is 4. The molecule has 0 atom stereocenters. The summed E-state index contributed by atoms with van der Waals surface area (Å²) in [6.45, 7) is 5.72. The molecule has 0 saturated heterocycles. The second-order valence-corrected chi connectivity index (χ2v) is 8.97. The van der Waals surface area contributed by atoms with Gasteiger partial charge in [0, 0.05) is 17.6 Å². The number of halogens is 1. The van der Waals surface area contributed by atoms with Gasteiger partial charge >= 0.3 is 0 Å². The lowest BCUT2D eigenvalue weighted by atomic mass is 9.87. The van der Waals surface area contributed by atoms with Gasteiger partial charge in [-0.3, -0.25) is 9.78 Å². The molecule has 0 bridgehead atoms. The van der Waals surface area contributed by atoms with E-state index in [0.717, 1.165) is 52.0 Å². The van der Waals surface area contributed by atoms with E-state index in [2.05, 4.69) is 23.3 Å². The fraction of sp³-hybridized carbons (Fsp3) is 0.360. The highest BCUT2D eigenvalue weighted by atomic mass is 35.5. The lowest BCUT2D eigenvalue weighted by Crippen LogP contribution is -2.26. The van der Waals surface area contributed by atoms with Crippen molar-refractivity contribution in [1.82, 2.24) is 4.98 Å². The van der Waals surface area contributed by atoms with E-state index in [-0.39, 0.29) is 11.5 Å². The molecule has 1 aromatic heterocycles. The maximum absolute atomic E-state index is 12.4. The van der Waals surface area contributed by atoms with Crippen molar-refractivity contribution in [2.75, 3.05) is 5.32 Å². The second-order valence-electron chi connectivity index (χ2n) is 8.56. The first kappa shape index (κ1) is 20.7. The number of benzene rings is 2. The fourth-order valence-corrected chi connectivity index (χ4v) is 4.57. The summed E-state index contributed by atoms with van der Waals surface area (Å²) in [5.74, 6) is 0.874. The molecule has 1 aliphatic carbocycles. The van der Waals surface area contributed by atoms with Crippen LogP contribution in [0.1, 0.15) is 55.5 Å². The molecule has 4 nitrogen and oxygen atoms in total. The van der Waals surface area contributed by atoms with E-state index in [4.69, 9.17) is 11.6 Å². The molecule has 0 spiro atoms. The number of hydrogen-bond donors (Lipinski definition) is 2. The van der Waals surface area contributed by atoms with Crippen molar-refractivity contribution < 1.29 is 9.90 Å². The molecule has 1 aliphatic rings. The maximum atomic E-state index is 12.4. The summed E-state index contributed by atoms with van der Waals surface area (Å²) in [5.41, 5.74) is 4.95. The molecule has 0 amide bonds. The number of nitrogens with one attached hydrogen (secondary N) is 1. The zero-order valence-corrected chi connectivity index (χ0v) is 18.4. The van der Waals surface area contributed by atoms with Crippen LogP contribution in [-0.2, 0) is 0 Å².